The van der Waals surface area contributed by atoms with Gasteiger partial charge in [-0.2, -0.15) is 0 Å². The number of hydrogen-bond acceptors (Lipinski definition) is 3. The summed E-state index contributed by atoms with van der Waals surface area (Å²) in [7, 11) is 0. The molecule has 178 valence electrons. The molecular weight excluding hydrogens is 454 g/mol. The minimum atomic E-state index is -0.827. The highest BCUT2D eigenvalue weighted by Gasteiger charge is 2.18. The highest BCUT2D eigenvalue weighted by Crippen LogP contribution is 2.31. The van der Waals surface area contributed by atoms with Crippen molar-refractivity contribution in [1.29, 1.82) is 0 Å². The smallest absolute Gasteiger partial charge is 0.303 e. The fraction of sp³-hybridized carbons (Fsp3) is 0.200. The first-order chi connectivity index (χ1) is 16.9. The molecule has 0 saturated heterocycles. The third kappa shape index (κ3) is 6.31. The molecular formula is C30H29NO3S. The second-order valence-corrected chi connectivity index (χ2v) is 9.90. The number of aliphatic carboxylic acids is 1. The fourth-order valence-electron chi connectivity index (χ4n) is 4.27. The van der Waals surface area contributed by atoms with Crippen molar-refractivity contribution in [3.8, 4) is 0 Å². The molecule has 0 unspecified atom stereocenters. The van der Waals surface area contributed by atoms with Crippen molar-refractivity contribution in [3.05, 3.63) is 107 Å². The standard InChI is InChI=1S/C30H29NO3S/c1-20-8-5-12-24(18-20)35-25-17-16-23(11-7-15-29(32)33)28(19-25)30(34)31-21(2)26-14-6-10-22-9-3-4-13-27(22)26/h3-6,8-10,12-14,16-19,21H,7,11,15H2,1-2H3,(H,31,34)(H,32,33)/t21-/m1/s1. The van der Waals surface area contributed by atoms with Gasteiger partial charge < -0.3 is 10.4 Å². The zero-order chi connectivity index (χ0) is 24.8. The number of nitrogens with one attached hydrogen (secondary N) is 1. The van der Waals surface area contributed by atoms with E-state index in [9.17, 15) is 9.59 Å². The molecule has 5 heteroatoms. The Morgan fingerprint density at radius 2 is 1.66 bits per heavy atom. The molecule has 0 spiro atoms. The zero-order valence-corrected chi connectivity index (χ0v) is 20.8. The number of aryl methyl sites for hydroxylation is 2. The van der Waals surface area contributed by atoms with E-state index in [0.29, 0.717) is 18.4 Å². The van der Waals surface area contributed by atoms with Crippen LogP contribution in [0.3, 0.4) is 0 Å². The second kappa shape index (κ2) is 11.2. The predicted octanol–water partition coefficient (Wildman–Crippen LogP) is 7.20. The lowest BCUT2D eigenvalue weighted by Gasteiger charge is -2.18. The molecule has 1 amide bonds. The summed E-state index contributed by atoms with van der Waals surface area (Å²) in [4.78, 5) is 26.6. The molecule has 0 aliphatic carbocycles. The number of carboxylic acids is 1. The van der Waals surface area contributed by atoms with Crippen molar-refractivity contribution >= 4 is 34.4 Å². The van der Waals surface area contributed by atoms with Crippen LogP contribution in [0.4, 0.5) is 0 Å². The van der Waals surface area contributed by atoms with Crippen LogP contribution in [0.2, 0.25) is 0 Å². The van der Waals surface area contributed by atoms with Crippen molar-refractivity contribution in [3.63, 3.8) is 0 Å². The maximum Gasteiger partial charge on any atom is 0.303 e. The summed E-state index contributed by atoms with van der Waals surface area (Å²) >= 11 is 1.61. The van der Waals surface area contributed by atoms with Crippen LogP contribution in [-0.2, 0) is 11.2 Å². The third-order valence-corrected chi connectivity index (χ3v) is 7.00. The highest BCUT2D eigenvalue weighted by molar-refractivity contribution is 7.99. The lowest BCUT2D eigenvalue weighted by molar-refractivity contribution is -0.137. The number of carbonyl (C=O) groups is 2. The van der Waals surface area contributed by atoms with Gasteiger partial charge in [-0.05, 0) is 72.9 Å². The predicted molar refractivity (Wildman–Crippen MR) is 142 cm³/mol. The van der Waals surface area contributed by atoms with Crippen LogP contribution in [0.5, 0.6) is 0 Å². The van der Waals surface area contributed by atoms with Gasteiger partial charge in [-0.15, -0.1) is 0 Å². The van der Waals surface area contributed by atoms with Crippen molar-refractivity contribution in [2.75, 3.05) is 0 Å². The molecule has 4 aromatic carbocycles. The lowest BCUT2D eigenvalue weighted by atomic mass is 9.98. The van der Waals surface area contributed by atoms with E-state index in [4.69, 9.17) is 5.11 Å². The number of amides is 1. The van der Waals surface area contributed by atoms with E-state index in [2.05, 4.69) is 48.6 Å². The molecule has 0 aromatic heterocycles. The highest BCUT2D eigenvalue weighted by atomic mass is 32.2. The molecule has 0 aliphatic rings. The van der Waals surface area contributed by atoms with E-state index in [0.717, 1.165) is 31.7 Å². The van der Waals surface area contributed by atoms with Crippen LogP contribution < -0.4 is 5.32 Å². The number of hydrogen-bond donors (Lipinski definition) is 2. The molecule has 0 bridgehead atoms. The molecule has 0 saturated carbocycles. The molecule has 2 N–H and O–H groups in total. The van der Waals surface area contributed by atoms with Crippen LogP contribution in [0.25, 0.3) is 10.8 Å². The van der Waals surface area contributed by atoms with Gasteiger partial charge in [0.05, 0.1) is 6.04 Å². The minimum absolute atomic E-state index is 0.0766. The third-order valence-electron chi connectivity index (χ3n) is 6.03. The first kappa shape index (κ1) is 24.6. The van der Waals surface area contributed by atoms with Gasteiger partial charge in [0.15, 0.2) is 0 Å². The van der Waals surface area contributed by atoms with Crippen LogP contribution in [0.15, 0.2) is 94.7 Å². The topological polar surface area (TPSA) is 66.4 Å². The van der Waals surface area contributed by atoms with Crippen LogP contribution in [0, 0.1) is 6.92 Å². The average molecular weight is 484 g/mol. The molecule has 35 heavy (non-hydrogen) atoms. The van der Waals surface area contributed by atoms with Crippen LogP contribution in [-0.4, -0.2) is 17.0 Å². The monoisotopic (exact) mass is 483 g/mol. The quantitative estimate of drug-likeness (QED) is 0.264. The Labute approximate surface area is 210 Å². The Kier molecular flexibility index (Phi) is 7.88. The number of fused-ring (bicyclic) bond motifs is 1. The second-order valence-electron chi connectivity index (χ2n) is 8.75. The summed E-state index contributed by atoms with van der Waals surface area (Å²) in [5.41, 5.74) is 3.71. The number of rotatable bonds is 9. The lowest BCUT2D eigenvalue weighted by Crippen LogP contribution is -2.27. The van der Waals surface area contributed by atoms with Crippen LogP contribution >= 0.6 is 11.8 Å². The Hall–Kier alpha value is -3.57. The number of benzene rings is 4. The SMILES string of the molecule is Cc1cccc(Sc2ccc(CCCC(=O)O)c(C(=O)N[C@H](C)c3cccc4ccccc34)c2)c1. The first-order valence-corrected chi connectivity index (χ1v) is 12.6. The summed E-state index contributed by atoms with van der Waals surface area (Å²) in [6, 6.07) is 28.2. The molecule has 0 radical (unpaired) electrons. The van der Waals surface area contributed by atoms with E-state index in [1.807, 2.05) is 55.5 Å². The molecule has 4 aromatic rings. The van der Waals surface area contributed by atoms with Gasteiger partial charge >= 0.3 is 5.97 Å². The van der Waals surface area contributed by atoms with Gasteiger partial charge in [0.2, 0.25) is 0 Å². The zero-order valence-electron chi connectivity index (χ0n) is 20.0. The molecule has 4 nitrogen and oxygen atoms in total. The van der Waals surface area contributed by atoms with Crippen LogP contribution in [0.1, 0.15) is 52.9 Å². The van der Waals surface area contributed by atoms with Gasteiger partial charge in [0.1, 0.15) is 0 Å². The number of carboxylic acid groups (broad SMARTS) is 1. The molecule has 0 fully saturated rings. The normalized spacial score (nSPS) is 11.8. The van der Waals surface area contributed by atoms with E-state index in [-0.39, 0.29) is 18.4 Å². The maximum atomic E-state index is 13.5. The van der Waals surface area contributed by atoms with Crippen molar-refractivity contribution in [1.82, 2.24) is 5.32 Å². The largest absolute Gasteiger partial charge is 0.481 e. The van der Waals surface area contributed by atoms with Crippen molar-refractivity contribution in [2.24, 2.45) is 0 Å². The minimum Gasteiger partial charge on any atom is -0.481 e. The first-order valence-electron chi connectivity index (χ1n) is 11.8. The summed E-state index contributed by atoms with van der Waals surface area (Å²) in [6.45, 7) is 4.05. The van der Waals surface area contributed by atoms with Crippen molar-refractivity contribution in [2.45, 2.75) is 48.9 Å². The molecule has 4 rings (SSSR count). The molecule has 1 atom stereocenters. The van der Waals surface area contributed by atoms with Gasteiger partial charge in [0, 0.05) is 21.8 Å². The van der Waals surface area contributed by atoms with Gasteiger partial charge in [-0.1, -0.05) is 78.0 Å². The van der Waals surface area contributed by atoms with E-state index in [1.165, 1.54) is 5.56 Å². The van der Waals surface area contributed by atoms with E-state index >= 15 is 0 Å². The molecule has 0 heterocycles. The van der Waals surface area contributed by atoms with Gasteiger partial charge in [-0.3, -0.25) is 9.59 Å². The van der Waals surface area contributed by atoms with E-state index < -0.39 is 5.97 Å². The Morgan fingerprint density at radius 3 is 2.46 bits per heavy atom. The fourth-order valence-corrected chi connectivity index (χ4v) is 5.25. The van der Waals surface area contributed by atoms with Gasteiger partial charge in [-0.25, -0.2) is 0 Å². The Balaban J connectivity index is 1.61. The van der Waals surface area contributed by atoms with Gasteiger partial charge in [0.25, 0.3) is 5.91 Å². The summed E-state index contributed by atoms with van der Waals surface area (Å²) in [6.07, 6.45) is 1.10. The van der Waals surface area contributed by atoms with Crippen molar-refractivity contribution < 1.29 is 14.7 Å². The molecule has 0 aliphatic heterocycles. The maximum absolute atomic E-state index is 13.5. The Morgan fingerprint density at radius 1 is 0.914 bits per heavy atom. The average Bonchev–Trinajstić information content (AvgIpc) is 2.84. The van der Waals surface area contributed by atoms with E-state index in [1.54, 1.807) is 11.8 Å². The summed E-state index contributed by atoms with van der Waals surface area (Å²) < 4.78 is 0. The summed E-state index contributed by atoms with van der Waals surface area (Å²) in [5.74, 6) is -0.977. The Bertz CT molecular complexity index is 1360. The number of carbonyl (C=O) groups excluding carboxylic acids is 1. The summed E-state index contributed by atoms with van der Waals surface area (Å²) in [5, 5.41) is 14.5.